The molecule has 0 saturated heterocycles. The standard InChI is InChI=1S/C24H31NO3S/c1-8-15-28-23-19(7)11-14-21(29(27)20-12-9-18(6)10-13-20)22(23)24(26)25(16(2)3)17(4)5/h8-14,16-17H,1,15H2,2-7H3/t29-/m1/s1. The van der Waals surface area contributed by atoms with Gasteiger partial charge in [0.2, 0.25) is 0 Å². The van der Waals surface area contributed by atoms with Gasteiger partial charge in [-0.15, -0.1) is 0 Å². The van der Waals surface area contributed by atoms with Crippen molar-refractivity contribution in [3.05, 3.63) is 65.7 Å². The minimum atomic E-state index is -1.51. The van der Waals surface area contributed by atoms with E-state index in [9.17, 15) is 9.00 Å². The van der Waals surface area contributed by atoms with E-state index in [1.54, 1.807) is 17.0 Å². The van der Waals surface area contributed by atoms with Gasteiger partial charge >= 0.3 is 0 Å². The number of nitrogens with zero attached hydrogens (tertiary/aromatic N) is 1. The molecule has 0 heterocycles. The highest BCUT2D eigenvalue weighted by Gasteiger charge is 2.30. The summed E-state index contributed by atoms with van der Waals surface area (Å²) in [7, 11) is -1.51. The normalized spacial score (nSPS) is 12.1. The Morgan fingerprint density at radius 3 is 2.17 bits per heavy atom. The van der Waals surface area contributed by atoms with E-state index >= 15 is 0 Å². The van der Waals surface area contributed by atoms with Crippen LogP contribution in [-0.2, 0) is 10.8 Å². The third-order valence-electron chi connectivity index (χ3n) is 4.66. The van der Waals surface area contributed by atoms with Crippen molar-refractivity contribution in [1.29, 1.82) is 0 Å². The molecule has 2 rings (SSSR count). The largest absolute Gasteiger partial charge is 0.488 e. The van der Waals surface area contributed by atoms with Crippen LogP contribution in [0.25, 0.3) is 0 Å². The number of hydrogen-bond acceptors (Lipinski definition) is 3. The van der Waals surface area contributed by atoms with Crippen molar-refractivity contribution in [1.82, 2.24) is 4.90 Å². The van der Waals surface area contributed by atoms with E-state index in [0.29, 0.717) is 21.1 Å². The summed E-state index contributed by atoms with van der Waals surface area (Å²) < 4.78 is 19.3. The first kappa shape index (κ1) is 22.9. The first-order valence-electron chi connectivity index (χ1n) is 9.87. The number of carbonyl (C=O) groups excluding carboxylic acids is 1. The van der Waals surface area contributed by atoms with Crippen molar-refractivity contribution in [3.8, 4) is 5.75 Å². The third-order valence-corrected chi connectivity index (χ3v) is 6.10. The van der Waals surface area contributed by atoms with Crippen LogP contribution in [0.5, 0.6) is 5.75 Å². The van der Waals surface area contributed by atoms with Gasteiger partial charge < -0.3 is 9.64 Å². The highest BCUT2D eigenvalue weighted by Crippen LogP contribution is 2.33. The van der Waals surface area contributed by atoms with E-state index in [4.69, 9.17) is 4.74 Å². The summed E-state index contributed by atoms with van der Waals surface area (Å²) >= 11 is 0. The molecule has 156 valence electrons. The number of ether oxygens (including phenoxy) is 1. The van der Waals surface area contributed by atoms with Crippen molar-refractivity contribution < 1.29 is 13.7 Å². The van der Waals surface area contributed by atoms with Gasteiger partial charge in [0.25, 0.3) is 5.91 Å². The summed E-state index contributed by atoms with van der Waals surface area (Å²) in [5, 5.41) is 0. The molecule has 5 heteroatoms. The van der Waals surface area contributed by atoms with Gasteiger partial charge in [0.1, 0.15) is 12.4 Å². The average molecular weight is 414 g/mol. The van der Waals surface area contributed by atoms with Crippen LogP contribution in [0.1, 0.15) is 49.2 Å². The molecule has 0 N–H and O–H groups in total. The van der Waals surface area contributed by atoms with Gasteiger partial charge in [0.05, 0.1) is 21.3 Å². The van der Waals surface area contributed by atoms with E-state index in [2.05, 4.69) is 6.58 Å². The number of aryl methyl sites for hydroxylation is 2. The Hall–Kier alpha value is -2.40. The van der Waals surface area contributed by atoms with Crippen molar-refractivity contribution in [2.45, 2.75) is 63.4 Å². The molecule has 0 bridgehead atoms. The summed E-state index contributed by atoms with van der Waals surface area (Å²) in [4.78, 5) is 16.6. The van der Waals surface area contributed by atoms with Crippen molar-refractivity contribution in [2.75, 3.05) is 6.61 Å². The Kier molecular flexibility index (Phi) is 7.80. The fourth-order valence-corrected chi connectivity index (χ4v) is 4.53. The summed E-state index contributed by atoms with van der Waals surface area (Å²) in [6.45, 7) is 15.8. The number of benzene rings is 2. The minimum Gasteiger partial charge on any atom is -0.488 e. The van der Waals surface area contributed by atoms with E-state index in [0.717, 1.165) is 11.1 Å². The molecule has 0 aliphatic heterocycles. The predicted molar refractivity (Wildman–Crippen MR) is 119 cm³/mol. The Morgan fingerprint density at radius 2 is 1.66 bits per heavy atom. The lowest BCUT2D eigenvalue weighted by atomic mass is 10.1. The molecule has 0 radical (unpaired) electrons. The zero-order chi connectivity index (χ0) is 21.7. The molecule has 4 nitrogen and oxygen atoms in total. The fourth-order valence-electron chi connectivity index (χ4n) is 3.34. The molecule has 0 aromatic heterocycles. The Balaban J connectivity index is 2.70. The van der Waals surface area contributed by atoms with Crippen molar-refractivity contribution in [3.63, 3.8) is 0 Å². The maximum Gasteiger partial charge on any atom is 0.259 e. The second kappa shape index (κ2) is 9.88. The molecular formula is C24H31NO3S. The highest BCUT2D eigenvalue weighted by molar-refractivity contribution is 7.85. The first-order valence-corrected chi connectivity index (χ1v) is 11.0. The molecule has 29 heavy (non-hydrogen) atoms. The van der Waals surface area contributed by atoms with Gasteiger partial charge in [-0.25, -0.2) is 4.21 Å². The van der Waals surface area contributed by atoms with E-state index < -0.39 is 10.8 Å². The summed E-state index contributed by atoms with van der Waals surface area (Å²) in [5.41, 5.74) is 2.28. The summed E-state index contributed by atoms with van der Waals surface area (Å²) in [6.07, 6.45) is 1.64. The van der Waals surface area contributed by atoms with Gasteiger partial charge in [-0.2, -0.15) is 0 Å². The maximum atomic E-state index is 13.7. The number of rotatable bonds is 8. The molecule has 2 aromatic carbocycles. The summed E-state index contributed by atoms with van der Waals surface area (Å²) in [5.74, 6) is 0.299. The molecule has 0 aliphatic rings. The van der Waals surface area contributed by atoms with Gasteiger partial charge in [0.15, 0.2) is 0 Å². The fraction of sp³-hybridized carbons (Fsp3) is 0.375. The van der Waals surface area contributed by atoms with Crippen LogP contribution in [-0.4, -0.2) is 33.7 Å². The molecule has 2 aromatic rings. The number of amides is 1. The second-order valence-corrected chi connectivity index (χ2v) is 9.11. The topological polar surface area (TPSA) is 46.6 Å². The minimum absolute atomic E-state index is 0.00377. The van der Waals surface area contributed by atoms with E-state index in [1.807, 2.05) is 71.9 Å². The SMILES string of the molecule is C=CCOc1c(C)ccc([S@](=O)c2ccc(C)cc2)c1C(=O)N(C(C)C)C(C)C. The molecule has 1 atom stereocenters. The van der Waals surface area contributed by atoms with Crippen LogP contribution in [0.2, 0.25) is 0 Å². The van der Waals surface area contributed by atoms with E-state index in [-0.39, 0.29) is 24.6 Å². The zero-order valence-corrected chi connectivity index (χ0v) is 19.0. The van der Waals surface area contributed by atoms with Crippen molar-refractivity contribution in [2.24, 2.45) is 0 Å². The molecule has 0 aliphatic carbocycles. The van der Waals surface area contributed by atoms with Gasteiger partial charge in [0, 0.05) is 17.0 Å². The highest BCUT2D eigenvalue weighted by atomic mass is 32.2. The molecule has 0 spiro atoms. The van der Waals surface area contributed by atoms with Gasteiger partial charge in [-0.1, -0.05) is 36.4 Å². The average Bonchev–Trinajstić information content (AvgIpc) is 2.66. The Bertz CT molecular complexity index is 893. The quantitative estimate of drug-likeness (QED) is 0.552. The van der Waals surface area contributed by atoms with Gasteiger partial charge in [-0.3, -0.25) is 4.79 Å². The smallest absolute Gasteiger partial charge is 0.259 e. The number of hydrogen-bond donors (Lipinski definition) is 0. The van der Waals surface area contributed by atoms with Crippen LogP contribution in [0.4, 0.5) is 0 Å². The third kappa shape index (κ3) is 5.15. The molecule has 0 fully saturated rings. The Labute approximate surface area is 177 Å². The zero-order valence-electron chi connectivity index (χ0n) is 18.2. The molecule has 0 unspecified atom stereocenters. The van der Waals surface area contributed by atoms with Crippen molar-refractivity contribution >= 4 is 16.7 Å². The first-order chi connectivity index (χ1) is 13.7. The lowest BCUT2D eigenvalue weighted by Crippen LogP contribution is -2.42. The molecule has 0 saturated carbocycles. The van der Waals surface area contributed by atoms with Crippen LogP contribution < -0.4 is 4.74 Å². The predicted octanol–water partition coefficient (Wildman–Crippen LogP) is 5.29. The lowest BCUT2D eigenvalue weighted by Gasteiger charge is -2.32. The monoisotopic (exact) mass is 413 g/mol. The van der Waals surface area contributed by atoms with Gasteiger partial charge in [-0.05, 0) is 65.3 Å². The summed E-state index contributed by atoms with van der Waals surface area (Å²) in [6, 6.07) is 11.1. The Morgan fingerprint density at radius 1 is 1.07 bits per heavy atom. The molecule has 1 amide bonds. The van der Waals surface area contributed by atoms with Crippen LogP contribution in [0, 0.1) is 13.8 Å². The van der Waals surface area contributed by atoms with Crippen LogP contribution >= 0.6 is 0 Å². The van der Waals surface area contributed by atoms with Crippen LogP contribution in [0.15, 0.2) is 58.8 Å². The number of carbonyl (C=O) groups is 1. The van der Waals surface area contributed by atoms with E-state index in [1.165, 1.54) is 0 Å². The maximum absolute atomic E-state index is 13.7. The molecular weight excluding hydrogens is 382 g/mol. The second-order valence-electron chi connectivity index (χ2n) is 7.67. The van der Waals surface area contributed by atoms with Crippen LogP contribution in [0.3, 0.4) is 0 Å². The lowest BCUT2D eigenvalue weighted by molar-refractivity contribution is 0.0635.